The van der Waals surface area contributed by atoms with Crippen LogP contribution in [-0.2, 0) is 16.4 Å². The van der Waals surface area contributed by atoms with Crippen molar-refractivity contribution in [1.29, 1.82) is 0 Å². The Morgan fingerprint density at radius 1 is 0.933 bits per heavy atom. The standard InChI is InChI=1S/C24H31N3O2S/c1-6-10-19-13-15-20(16-14-19)22-23(25-17(2)3)27(18(4)5)24(22)26-30(28,29)21-11-8-7-9-12-21/h7-9,11-18,22H,6,10H2,1-5H3/b25-23?,26-24+. The van der Waals surface area contributed by atoms with Crippen LogP contribution in [0.25, 0.3) is 0 Å². The van der Waals surface area contributed by atoms with Crippen molar-refractivity contribution in [1.82, 2.24) is 4.90 Å². The van der Waals surface area contributed by atoms with Gasteiger partial charge in [0, 0.05) is 12.1 Å². The highest BCUT2D eigenvalue weighted by atomic mass is 32.2. The van der Waals surface area contributed by atoms with Crippen LogP contribution in [0, 0.1) is 0 Å². The number of aryl methyl sites for hydroxylation is 1. The summed E-state index contributed by atoms with van der Waals surface area (Å²) in [5.41, 5.74) is 2.30. The quantitative estimate of drug-likeness (QED) is 0.624. The molecule has 6 heteroatoms. The summed E-state index contributed by atoms with van der Waals surface area (Å²) in [4.78, 5) is 6.97. The SMILES string of the molecule is CCCc1ccc(C2C(=NC(C)C)N(C(C)C)/C2=N/S(=O)(=O)c2ccccc2)cc1. The van der Waals surface area contributed by atoms with Gasteiger partial charge in [-0.25, -0.2) is 0 Å². The summed E-state index contributed by atoms with van der Waals surface area (Å²) >= 11 is 0. The van der Waals surface area contributed by atoms with E-state index in [-0.39, 0.29) is 22.9 Å². The predicted octanol–water partition coefficient (Wildman–Crippen LogP) is 5.04. The lowest BCUT2D eigenvalue weighted by Crippen LogP contribution is -2.59. The van der Waals surface area contributed by atoms with Gasteiger partial charge in [0.25, 0.3) is 10.0 Å². The van der Waals surface area contributed by atoms with Gasteiger partial charge in [-0.1, -0.05) is 55.8 Å². The Labute approximate surface area is 180 Å². The number of hydrogen-bond donors (Lipinski definition) is 0. The number of hydrogen-bond acceptors (Lipinski definition) is 3. The molecule has 3 rings (SSSR count). The van der Waals surface area contributed by atoms with Gasteiger partial charge in [0.05, 0.1) is 4.90 Å². The molecule has 1 unspecified atom stereocenters. The van der Waals surface area contributed by atoms with E-state index in [0.29, 0.717) is 5.84 Å². The highest BCUT2D eigenvalue weighted by molar-refractivity contribution is 7.90. The topological polar surface area (TPSA) is 62.1 Å². The molecular formula is C24H31N3O2S. The van der Waals surface area contributed by atoms with E-state index in [9.17, 15) is 8.42 Å². The van der Waals surface area contributed by atoms with Crippen LogP contribution in [0.5, 0.6) is 0 Å². The number of aliphatic imine (C=N–C) groups is 1. The highest BCUT2D eigenvalue weighted by Crippen LogP contribution is 2.36. The summed E-state index contributed by atoms with van der Waals surface area (Å²) in [5.74, 6) is 1.17. The first-order valence-electron chi connectivity index (χ1n) is 10.6. The van der Waals surface area contributed by atoms with Crippen molar-refractivity contribution in [3.63, 3.8) is 0 Å². The van der Waals surface area contributed by atoms with E-state index >= 15 is 0 Å². The fourth-order valence-electron chi connectivity index (χ4n) is 3.70. The number of likely N-dealkylation sites (tertiary alicyclic amines) is 1. The third-order valence-corrected chi connectivity index (χ3v) is 6.32. The minimum atomic E-state index is -3.81. The van der Waals surface area contributed by atoms with E-state index < -0.39 is 10.0 Å². The number of sulfonamides is 1. The van der Waals surface area contributed by atoms with Gasteiger partial charge in [-0.15, -0.1) is 4.40 Å². The van der Waals surface area contributed by atoms with Crippen LogP contribution < -0.4 is 0 Å². The molecule has 5 nitrogen and oxygen atoms in total. The minimum absolute atomic E-state index is 0.0582. The van der Waals surface area contributed by atoms with Crippen LogP contribution in [0.15, 0.2) is 68.9 Å². The van der Waals surface area contributed by atoms with Crippen molar-refractivity contribution < 1.29 is 8.42 Å². The third kappa shape index (κ3) is 4.64. The Kier molecular flexibility index (Phi) is 6.76. The molecule has 0 spiro atoms. The first-order chi connectivity index (χ1) is 14.2. The number of benzene rings is 2. The van der Waals surface area contributed by atoms with Gasteiger partial charge in [-0.3, -0.25) is 4.99 Å². The summed E-state index contributed by atoms with van der Waals surface area (Å²) < 4.78 is 30.3. The predicted molar refractivity (Wildman–Crippen MR) is 124 cm³/mol. The zero-order valence-electron chi connectivity index (χ0n) is 18.4. The van der Waals surface area contributed by atoms with E-state index in [1.807, 2.05) is 32.6 Å². The van der Waals surface area contributed by atoms with Gasteiger partial charge in [-0.05, 0) is 57.4 Å². The van der Waals surface area contributed by atoms with E-state index in [4.69, 9.17) is 4.99 Å². The Bertz CT molecular complexity index is 1020. The van der Waals surface area contributed by atoms with Crippen molar-refractivity contribution in [3.8, 4) is 0 Å². The lowest BCUT2D eigenvalue weighted by molar-refractivity contribution is 0.438. The molecule has 0 bridgehead atoms. The van der Waals surface area contributed by atoms with Gasteiger partial charge in [-0.2, -0.15) is 8.42 Å². The van der Waals surface area contributed by atoms with Gasteiger partial charge in [0.15, 0.2) is 0 Å². The molecule has 2 aromatic rings. The van der Waals surface area contributed by atoms with Crippen LogP contribution in [0.3, 0.4) is 0 Å². The normalized spacial score (nSPS) is 19.7. The molecule has 0 saturated carbocycles. The molecule has 0 aromatic heterocycles. The monoisotopic (exact) mass is 425 g/mol. The third-order valence-electron chi connectivity index (χ3n) is 5.02. The molecule has 0 aliphatic carbocycles. The highest BCUT2D eigenvalue weighted by Gasteiger charge is 2.45. The molecular weight excluding hydrogens is 394 g/mol. The second-order valence-electron chi connectivity index (χ2n) is 8.21. The first-order valence-corrected chi connectivity index (χ1v) is 12.0. The minimum Gasteiger partial charge on any atom is -0.313 e. The lowest BCUT2D eigenvalue weighted by Gasteiger charge is -2.46. The summed E-state index contributed by atoms with van der Waals surface area (Å²) in [7, 11) is -3.81. The Balaban J connectivity index is 2.09. The summed E-state index contributed by atoms with van der Waals surface area (Å²) in [6, 6.07) is 16.9. The molecule has 1 saturated heterocycles. The molecule has 160 valence electrons. The number of rotatable bonds is 7. The van der Waals surface area contributed by atoms with Crippen LogP contribution in [0.4, 0.5) is 0 Å². The van der Waals surface area contributed by atoms with Crippen molar-refractivity contribution >= 4 is 21.7 Å². The van der Waals surface area contributed by atoms with E-state index in [0.717, 1.165) is 24.2 Å². The first kappa shape index (κ1) is 22.2. The Morgan fingerprint density at radius 2 is 1.57 bits per heavy atom. The second kappa shape index (κ2) is 9.13. The molecule has 0 amide bonds. The molecule has 1 heterocycles. The lowest BCUT2D eigenvalue weighted by atomic mass is 9.86. The summed E-state index contributed by atoms with van der Waals surface area (Å²) in [6.07, 6.45) is 2.12. The van der Waals surface area contributed by atoms with Gasteiger partial charge in [0.1, 0.15) is 17.6 Å². The van der Waals surface area contributed by atoms with Crippen molar-refractivity contribution in [3.05, 3.63) is 65.7 Å². The Morgan fingerprint density at radius 3 is 2.10 bits per heavy atom. The van der Waals surface area contributed by atoms with Crippen LogP contribution in [0.1, 0.15) is 58.1 Å². The maximum Gasteiger partial charge on any atom is 0.283 e. The van der Waals surface area contributed by atoms with Crippen LogP contribution in [0.2, 0.25) is 0 Å². The second-order valence-corrected chi connectivity index (χ2v) is 9.81. The van der Waals surface area contributed by atoms with Gasteiger partial charge < -0.3 is 4.90 Å². The molecule has 2 aromatic carbocycles. The molecule has 1 aliphatic heterocycles. The number of amidine groups is 2. The van der Waals surface area contributed by atoms with Crippen LogP contribution in [-0.4, -0.2) is 37.1 Å². The van der Waals surface area contributed by atoms with Crippen molar-refractivity contribution in [2.24, 2.45) is 9.39 Å². The zero-order chi connectivity index (χ0) is 21.9. The fourth-order valence-corrected chi connectivity index (χ4v) is 4.75. The van der Waals surface area contributed by atoms with E-state index in [2.05, 4.69) is 35.6 Å². The van der Waals surface area contributed by atoms with Crippen molar-refractivity contribution in [2.45, 2.75) is 70.4 Å². The maximum absolute atomic E-state index is 13.0. The zero-order valence-corrected chi connectivity index (χ0v) is 19.2. The smallest absolute Gasteiger partial charge is 0.283 e. The van der Waals surface area contributed by atoms with E-state index in [1.165, 1.54) is 5.56 Å². The average molecular weight is 426 g/mol. The van der Waals surface area contributed by atoms with E-state index in [1.54, 1.807) is 30.3 Å². The largest absolute Gasteiger partial charge is 0.313 e. The molecule has 0 N–H and O–H groups in total. The molecule has 1 fully saturated rings. The van der Waals surface area contributed by atoms with Crippen molar-refractivity contribution in [2.75, 3.05) is 0 Å². The average Bonchev–Trinajstić information content (AvgIpc) is 2.69. The number of nitrogens with zero attached hydrogens (tertiary/aromatic N) is 3. The Hall–Kier alpha value is -2.47. The van der Waals surface area contributed by atoms with Gasteiger partial charge >= 0.3 is 0 Å². The van der Waals surface area contributed by atoms with Gasteiger partial charge in [0.2, 0.25) is 0 Å². The molecule has 1 aliphatic rings. The molecule has 30 heavy (non-hydrogen) atoms. The summed E-state index contributed by atoms with van der Waals surface area (Å²) in [6.45, 7) is 10.3. The van der Waals surface area contributed by atoms with Crippen LogP contribution >= 0.6 is 0 Å². The maximum atomic E-state index is 13.0. The summed E-state index contributed by atoms with van der Waals surface area (Å²) in [5, 5.41) is 0. The molecule has 0 radical (unpaired) electrons. The fraction of sp³-hybridized carbons (Fsp3) is 0.417. The molecule has 1 atom stereocenters.